The van der Waals surface area contributed by atoms with Crippen molar-refractivity contribution in [1.29, 1.82) is 0 Å². The van der Waals surface area contributed by atoms with Gasteiger partial charge >= 0.3 is 0 Å². The second kappa shape index (κ2) is 9.65. The molecule has 0 spiro atoms. The monoisotopic (exact) mass is 548 g/mol. The van der Waals surface area contributed by atoms with Gasteiger partial charge in [-0.25, -0.2) is 0 Å². The summed E-state index contributed by atoms with van der Waals surface area (Å²) in [7, 11) is 0. The molecule has 5 atom stereocenters. The van der Waals surface area contributed by atoms with Crippen molar-refractivity contribution in [1.82, 2.24) is 0 Å². The van der Waals surface area contributed by atoms with Crippen molar-refractivity contribution in [3.8, 4) is 23.0 Å². The van der Waals surface area contributed by atoms with Crippen molar-refractivity contribution in [2.75, 3.05) is 0 Å². The Labute approximate surface area is 235 Å². The lowest BCUT2D eigenvalue weighted by molar-refractivity contribution is -0.117. The van der Waals surface area contributed by atoms with Gasteiger partial charge in [0, 0.05) is 30.4 Å². The fraction of sp³-hybridized carbons (Fsp3) is 0.515. The first kappa shape index (κ1) is 28.2. The molecule has 214 valence electrons. The van der Waals surface area contributed by atoms with E-state index in [4.69, 9.17) is 9.47 Å². The molecule has 2 aromatic carbocycles. The quantitative estimate of drug-likeness (QED) is 0.402. The molecular weight excluding hydrogens is 508 g/mol. The van der Waals surface area contributed by atoms with Crippen LogP contribution in [0.2, 0.25) is 0 Å². The summed E-state index contributed by atoms with van der Waals surface area (Å²) >= 11 is 0. The van der Waals surface area contributed by atoms with Gasteiger partial charge in [-0.15, -0.1) is 0 Å². The molecule has 1 aliphatic carbocycles. The van der Waals surface area contributed by atoms with E-state index in [1.807, 2.05) is 27.7 Å². The minimum absolute atomic E-state index is 0.0753. The number of hydrogen-bond donors (Lipinski definition) is 3. The van der Waals surface area contributed by atoms with E-state index in [2.05, 4.69) is 26.0 Å². The molecule has 0 amide bonds. The molecule has 1 unspecified atom stereocenters. The zero-order chi connectivity index (χ0) is 29.2. The Morgan fingerprint density at radius 3 is 1.90 bits per heavy atom. The number of aryl methyl sites for hydroxylation is 2. The molecule has 0 radical (unpaired) electrons. The lowest BCUT2D eigenvalue weighted by Crippen LogP contribution is -2.57. The highest BCUT2D eigenvalue weighted by atomic mass is 16.5. The van der Waals surface area contributed by atoms with Gasteiger partial charge in [-0.3, -0.25) is 9.59 Å². The minimum Gasteiger partial charge on any atom is -0.504 e. The highest BCUT2D eigenvalue weighted by Gasteiger charge is 2.51. The first-order valence-electron chi connectivity index (χ1n) is 14.1. The number of aromatic hydroxyl groups is 2. The Morgan fingerprint density at radius 2 is 1.32 bits per heavy atom. The van der Waals surface area contributed by atoms with E-state index in [9.17, 15) is 24.9 Å². The highest BCUT2D eigenvalue weighted by Crippen LogP contribution is 2.49. The highest BCUT2D eigenvalue weighted by molar-refractivity contribution is 5.46. The third-order valence-corrected chi connectivity index (χ3v) is 9.56. The molecule has 0 bridgehead atoms. The normalized spacial score (nSPS) is 31.5. The van der Waals surface area contributed by atoms with E-state index in [-0.39, 0.29) is 28.7 Å². The number of aliphatic hydroxyl groups excluding tert-OH is 1. The first-order valence-corrected chi connectivity index (χ1v) is 14.1. The molecule has 2 aromatic rings. The largest absolute Gasteiger partial charge is 0.504 e. The number of hydrogen-bond acceptors (Lipinski definition) is 7. The predicted octanol–water partition coefficient (Wildman–Crippen LogP) is 4.88. The average Bonchev–Trinajstić information content (AvgIpc) is 3.01. The van der Waals surface area contributed by atoms with Crippen molar-refractivity contribution in [2.45, 2.75) is 91.0 Å². The molecular formula is C33H40O7. The molecule has 0 saturated heterocycles. The van der Waals surface area contributed by atoms with E-state index < -0.39 is 28.2 Å². The molecule has 2 heterocycles. The maximum absolute atomic E-state index is 12.6. The zero-order valence-electron chi connectivity index (χ0n) is 24.2. The number of ether oxygens (including phenoxy) is 2. The number of fused-ring (bicyclic) bond motifs is 4. The molecule has 2 aliphatic heterocycles. The summed E-state index contributed by atoms with van der Waals surface area (Å²) in [5.41, 5.74) is 0.287. The molecule has 0 saturated carbocycles. The summed E-state index contributed by atoms with van der Waals surface area (Å²) in [6, 6.07) is 5.68. The lowest BCUT2D eigenvalue weighted by Gasteiger charge is -2.49. The van der Waals surface area contributed by atoms with Crippen molar-refractivity contribution in [3.63, 3.8) is 0 Å². The Balaban J connectivity index is 1.63. The Hall–Kier alpha value is -3.32. The van der Waals surface area contributed by atoms with Crippen molar-refractivity contribution in [3.05, 3.63) is 79.1 Å². The Bertz CT molecular complexity index is 1510. The second-order valence-electron chi connectivity index (χ2n) is 13.2. The zero-order valence-corrected chi connectivity index (χ0v) is 24.2. The van der Waals surface area contributed by atoms with Gasteiger partial charge in [0.25, 0.3) is 0 Å². The first-order chi connectivity index (χ1) is 18.6. The number of rotatable bonds is 0. The Kier molecular flexibility index (Phi) is 6.81. The molecule has 3 N–H and O–H groups in total. The summed E-state index contributed by atoms with van der Waals surface area (Å²) in [6.45, 7) is 12.0. The van der Waals surface area contributed by atoms with Gasteiger partial charge < -0.3 is 24.8 Å². The van der Waals surface area contributed by atoms with Gasteiger partial charge in [-0.1, -0.05) is 26.0 Å². The van der Waals surface area contributed by atoms with Crippen molar-refractivity contribution < 1.29 is 24.8 Å². The van der Waals surface area contributed by atoms with Crippen molar-refractivity contribution in [2.24, 2.45) is 17.3 Å². The molecule has 0 fully saturated rings. The summed E-state index contributed by atoms with van der Waals surface area (Å²) in [6.07, 6.45) is 6.29. The maximum Gasteiger partial charge on any atom is 0.223 e. The van der Waals surface area contributed by atoms with E-state index in [1.165, 1.54) is 24.3 Å². The van der Waals surface area contributed by atoms with E-state index in [0.717, 1.165) is 28.7 Å². The van der Waals surface area contributed by atoms with Crippen LogP contribution in [0.1, 0.15) is 69.2 Å². The summed E-state index contributed by atoms with van der Waals surface area (Å²) < 4.78 is 13.2. The molecule has 40 heavy (non-hydrogen) atoms. The molecule has 5 rings (SSSR count). The topological polar surface area (TPSA) is 113 Å². The Morgan fingerprint density at radius 1 is 0.800 bits per heavy atom. The third-order valence-electron chi connectivity index (χ3n) is 9.56. The van der Waals surface area contributed by atoms with Crippen LogP contribution in [0.25, 0.3) is 0 Å². The third kappa shape index (κ3) is 4.89. The van der Waals surface area contributed by atoms with Crippen LogP contribution in [-0.2, 0) is 12.8 Å². The summed E-state index contributed by atoms with van der Waals surface area (Å²) in [5, 5.41) is 32.4. The van der Waals surface area contributed by atoms with Crippen LogP contribution in [0.15, 0.2) is 46.0 Å². The molecule has 3 aliphatic rings. The van der Waals surface area contributed by atoms with Gasteiger partial charge in [0.2, 0.25) is 10.9 Å². The summed E-state index contributed by atoms with van der Waals surface area (Å²) in [4.78, 5) is 25.0. The second-order valence-corrected chi connectivity index (χ2v) is 13.2. The number of allylic oxidation sites excluding steroid dienone is 1. The SMILES string of the molecule is Cc1cc(O)c(=O)cc2c1C[C@H]1CC(C)(C)/C=C/C[C@]3(C)Oc4cc(=O)c(O)cc(C)c4C[C@H]3C[C@H](O)C1(C)O2. The van der Waals surface area contributed by atoms with Crippen LogP contribution < -0.4 is 20.3 Å². The van der Waals surface area contributed by atoms with Gasteiger partial charge in [0.15, 0.2) is 11.5 Å². The molecule has 7 nitrogen and oxygen atoms in total. The lowest BCUT2D eigenvalue weighted by atomic mass is 9.67. The molecule has 7 heteroatoms. The number of aliphatic hydroxyl groups is 1. The summed E-state index contributed by atoms with van der Waals surface area (Å²) in [5.74, 6) is 0.0238. The van der Waals surface area contributed by atoms with Gasteiger partial charge in [0.1, 0.15) is 22.7 Å². The van der Waals surface area contributed by atoms with E-state index >= 15 is 0 Å². The van der Waals surface area contributed by atoms with Crippen LogP contribution >= 0.6 is 0 Å². The van der Waals surface area contributed by atoms with Crippen LogP contribution in [0, 0.1) is 31.1 Å². The van der Waals surface area contributed by atoms with E-state index in [1.54, 1.807) is 0 Å². The van der Waals surface area contributed by atoms with Gasteiger partial charge in [-0.05, 0) is 93.2 Å². The predicted molar refractivity (Wildman–Crippen MR) is 153 cm³/mol. The van der Waals surface area contributed by atoms with Crippen LogP contribution in [0.4, 0.5) is 0 Å². The van der Waals surface area contributed by atoms with Crippen LogP contribution in [-0.4, -0.2) is 32.6 Å². The standard InChI is InChI=1S/C33H40O7/c1-18-10-24(34)26(36)15-28-22(18)12-20-14-30(38)33(6)21(17-31(3,4)8-7-9-32(20,5)39-28)13-23-19(2)11-25(35)27(37)16-29(23)40-33/h7-8,10-11,15-16,20-21,30,38H,9,12-14,17H2,1-6H3,(H,34,36)(H,35,37)/b8-7+/t20-,21-,30-,32-,33?/m0/s1. The van der Waals surface area contributed by atoms with Gasteiger partial charge in [0.05, 0.1) is 6.10 Å². The molecule has 0 aromatic heterocycles. The fourth-order valence-electron chi connectivity index (χ4n) is 6.92. The smallest absolute Gasteiger partial charge is 0.223 e. The fourth-order valence-corrected chi connectivity index (χ4v) is 6.92. The van der Waals surface area contributed by atoms with Crippen LogP contribution in [0.5, 0.6) is 23.0 Å². The maximum atomic E-state index is 12.6. The van der Waals surface area contributed by atoms with Crippen molar-refractivity contribution >= 4 is 0 Å². The van der Waals surface area contributed by atoms with E-state index in [0.29, 0.717) is 37.2 Å². The minimum atomic E-state index is -1.01. The van der Waals surface area contributed by atoms with Gasteiger partial charge in [-0.2, -0.15) is 0 Å². The average molecular weight is 549 g/mol. The van der Waals surface area contributed by atoms with Crippen LogP contribution in [0.3, 0.4) is 0 Å².